The lowest BCUT2D eigenvalue weighted by Crippen LogP contribution is -2.29. The summed E-state index contributed by atoms with van der Waals surface area (Å²) >= 11 is 0. The molecular weight excluding hydrogens is 140 g/mol. The average molecular weight is 164 g/mol. The lowest BCUT2D eigenvalue weighted by atomic mass is 9.98. The lowest BCUT2D eigenvalue weighted by molar-refractivity contribution is -0.00307. The van der Waals surface area contributed by atoms with E-state index in [2.05, 4.69) is 0 Å². The average Bonchev–Trinajstić information content (AvgIpc) is 1.84. The molecule has 0 fully saturated rings. The van der Waals surface area contributed by atoms with Gasteiger partial charge in [-0.05, 0) is 12.8 Å². The largest absolute Gasteiger partial charge is 0.391 e. The number of hydrogen-bond donors (Lipinski definition) is 2. The molecule has 0 heterocycles. The fourth-order valence-electron chi connectivity index (χ4n) is 0.717. The molecule has 2 N–H and O–H groups in total. The van der Waals surface area contributed by atoms with Crippen LogP contribution in [0.25, 0.3) is 0 Å². The predicted octanol–water partition coefficient (Wildman–Crippen LogP) is 2.05. The summed E-state index contributed by atoms with van der Waals surface area (Å²) in [4.78, 5) is 0. The lowest BCUT2D eigenvalue weighted by Gasteiger charge is -2.19. The van der Waals surface area contributed by atoms with Crippen molar-refractivity contribution in [3.8, 4) is 0 Å². The van der Waals surface area contributed by atoms with E-state index in [4.69, 9.17) is 10.2 Å². The highest BCUT2D eigenvalue weighted by Crippen LogP contribution is 2.09. The molecule has 0 saturated heterocycles. The molecule has 3 atom stereocenters. The molecule has 3 unspecified atom stereocenters. The first-order valence-electron chi connectivity index (χ1n) is 3.45. The summed E-state index contributed by atoms with van der Waals surface area (Å²) in [5.74, 6) is 0.199. The highest BCUT2D eigenvalue weighted by atomic mass is 16.3. The van der Waals surface area contributed by atoms with Gasteiger partial charge in [-0.15, -0.1) is 0 Å². The molecule has 0 spiro atoms. The van der Waals surface area contributed by atoms with Crippen LogP contribution in [0.15, 0.2) is 0 Å². The van der Waals surface area contributed by atoms with Crippen LogP contribution in [-0.4, -0.2) is 22.4 Å². The van der Waals surface area contributed by atoms with Gasteiger partial charge in [-0.25, -0.2) is 0 Å². The SMILES string of the molecule is C.C.CCC(C)C(O)C(C)O. The Morgan fingerprint density at radius 2 is 1.45 bits per heavy atom. The Bertz CT molecular complexity index is 72.0. The van der Waals surface area contributed by atoms with Crippen LogP contribution < -0.4 is 0 Å². The Labute approximate surface area is 71.3 Å². The maximum absolute atomic E-state index is 9.14. The summed E-state index contributed by atoms with van der Waals surface area (Å²) in [7, 11) is 0. The smallest absolute Gasteiger partial charge is 0.0821 e. The van der Waals surface area contributed by atoms with Crippen LogP contribution >= 0.6 is 0 Å². The van der Waals surface area contributed by atoms with Crippen LogP contribution in [-0.2, 0) is 0 Å². The van der Waals surface area contributed by atoms with Gasteiger partial charge in [0, 0.05) is 0 Å². The standard InChI is InChI=1S/C7H16O2.2CH4/c1-4-5(2)7(9)6(3)8;;/h5-9H,4H2,1-3H3;2*1H4. The van der Waals surface area contributed by atoms with Crippen LogP contribution in [0.2, 0.25) is 0 Å². The van der Waals surface area contributed by atoms with Gasteiger partial charge in [-0.2, -0.15) is 0 Å². The van der Waals surface area contributed by atoms with Gasteiger partial charge in [0.25, 0.3) is 0 Å². The third kappa shape index (κ3) is 6.32. The number of rotatable bonds is 3. The molecule has 0 radical (unpaired) electrons. The topological polar surface area (TPSA) is 40.5 Å². The van der Waals surface area contributed by atoms with Crippen LogP contribution in [0, 0.1) is 5.92 Å². The molecule has 2 nitrogen and oxygen atoms in total. The van der Waals surface area contributed by atoms with E-state index in [1.54, 1.807) is 6.92 Å². The van der Waals surface area contributed by atoms with E-state index >= 15 is 0 Å². The van der Waals surface area contributed by atoms with Crippen LogP contribution in [0.4, 0.5) is 0 Å². The second-order valence-corrected chi connectivity index (χ2v) is 2.62. The van der Waals surface area contributed by atoms with Gasteiger partial charge >= 0.3 is 0 Å². The number of aliphatic hydroxyl groups excluding tert-OH is 2. The molecule has 0 bridgehead atoms. The van der Waals surface area contributed by atoms with E-state index in [-0.39, 0.29) is 20.8 Å². The Morgan fingerprint density at radius 3 is 1.55 bits per heavy atom. The maximum Gasteiger partial charge on any atom is 0.0821 e. The zero-order valence-electron chi connectivity index (χ0n) is 6.33. The van der Waals surface area contributed by atoms with Gasteiger partial charge in [-0.1, -0.05) is 35.1 Å². The van der Waals surface area contributed by atoms with Crippen molar-refractivity contribution in [2.24, 2.45) is 5.92 Å². The first-order valence-corrected chi connectivity index (χ1v) is 3.45. The van der Waals surface area contributed by atoms with Crippen LogP contribution in [0.3, 0.4) is 0 Å². The number of hydrogen-bond acceptors (Lipinski definition) is 2. The Morgan fingerprint density at radius 1 is 1.09 bits per heavy atom. The fraction of sp³-hybridized carbons (Fsp3) is 1.00. The van der Waals surface area contributed by atoms with Crippen LogP contribution in [0.1, 0.15) is 42.0 Å². The zero-order valence-corrected chi connectivity index (χ0v) is 6.33. The Balaban J connectivity index is -0.000000320. The van der Waals surface area contributed by atoms with Gasteiger partial charge in [0.1, 0.15) is 0 Å². The van der Waals surface area contributed by atoms with Crippen molar-refractivity contribution in [2.75, 3.05) is 0 Å². The zero-order chi connectivity index (χ0) is 7.44. The highest BCUT2D eigenvalue weighted by Gasteiger charge is 2.16. The third-order valence-electron chi connectivity index (χ3n) is 1.72. The second-order valence-electron chi connectivity index (χ2n) is 2.62. The molecule has 0 aliphatic rings. The minimum Gasteiger partial charge on any atom is -0.391 e. The summed E-state index contributed by atoms with van der Waals surface area (Å²) in [6.45, 7) is 5.53. The monoisotopic (exact) mass is 164 g/mol. The summed E-state index contributed by atoms with van der Waals surface area (Å²) in [6, 6.07) is 0. The van der Waals surface area contributed by atoms with Crippen molar-refractivity contribution in [1.82, 2.24) is 0 Å². The predicted molar refractivity (Wildman–Crippen MR) is 50.6 cm³/mol. The first kappa shape index (κ1) is 17.1. The normalized spacial score (nSPS) is 17.2. The molecular formula is C9H24O2. The van der Waals surface area contributed by atoms with Gasteiger partial charge < -0.3 is 10.2 Å². The van der Waals surface area contributed by atoms with Gasteiger partial charge in [0.05, 0.1) is 12.2 Å². The van der Waals surface area contributed by atoms with Crippen molar-refractivity contribution in [1.29, 1.82) is 0 Å². The third-order valence-corrected chi connectivity index (χ3v) is 1.72. The molecule has 0 saturated carbocycles. The van der Waals surface area contributed by atoms with E-state index in [0.717, 1.165) is 6.42 Å². The summed E-state index contributed by atoms with van der Waals surface area (Å²) in [5, 5.41) is 18.0. The van der Waals surface area contributed by atoms with Gasteiger partial charge in [-0.3, -0.25) is 0 Å². The Hall–Kier alpha value is -0.0800. The molecule has 0 aromatic rings. The summed E-state index contributed by atoms with van der Waals surface area (Å²) < 4.78 is 0. The minimum absolute atomic E-state index is 0. The molecule has 2 heteroatoms. The Kier molecular flexibility index (Phi) is 12.5. The molecule has 0 aliphatic carbocycles. The van der Waals surface area contributed by atoms with Crippen LogP contribution in [0.5, 0.6) is 0 Å². The van der Waals surface area contributed by atoms with Crippen molar-refractivity contribution in [3.63, 3.8) is 0 Å². The summed E-state index contributed by atoms with van der Waals surface area (Å²) in [6.07, 6.45) is -0.249. The maximum atomic E-state index is 9.14. The van der Waals surface area contributed by atoms with E-state index in [1.165, 1.54) is 0 Å². The molecule has 0 amide bonds. The van der Waals surface area contributed by atoms with Crippen molar-refractivity contribution < 1.29 is 10.2 Å². The fourth-order valence-corrected chi connectivity index (χ4v) is 0.717. The van der Waals surface area contributed by atoms with E-state index in [0.29, 0.717) is 0 Å². The summed E-state index contributed by atoms with van der Waals surface area (Å²) in [5.41, 5.74) is 0. The minimum atomic E-state index is -0.597. The molecule has 0 aliphatic heterocycles. The highest BCUT2D eigenvalue weighted by molar-refractivity contribution is 4.67. The van der Waals surface area contributed by atoms with E-state index < -0.39 is 12.2 Å². The molecule has 0 rings (SSSR count). The van der Waals surface area contributed by atoms with E-state index in [1.807, 2.05) is 13.8 Å². The second kappa shape index (κ2) is 8.02. The number of aliphatic hydroxyl groups is 2. The molecule has 0 aromatic carbocycles. The van der Waals surface area contributed by atoms with Crippen molar-refractivity contribution >= 4 is 0 Å². The van der Waals surface area contributed by atoms with Crippen molar-refractivity contribution in [2.45, 2.75) is 54.3 Å². The van der Waals surface area contributed by atoms with Crippen molar-refractivity contribution in [3.05, 3.63) is 0 Å². The molecule has 0 aromatic heterocycles. The van der Waals surface area contributed by atoms with Gasteiger partial charge in [0.15, 0.2) is 0 Å². The molecule has 11 heavy (non-hydrogen) atoms. The first-order chi connectivity index (χ1) is 4.09. The van der Waals surface area contributed by atoms with Gasteiger partial charge in [0.2, 0.25) is 0 Å². The quantitative estimate of drug-likeness (QED) is 0.670. The molecule has 72 valence electrons. The van der Waals surface area contributed by atoms with E-state index in [9.17, 15) is 0 Å².